The predicted molar refractivity (Wildman–Crippen MR) is 85.9 cm³/mol. The van der Waals surface area contributed by atoms with E-state index in [-0.39, 0.29) is 11.9 Å². The van der Waals surface area contributed by atoms with Crippen LogP contribution in [-0.4, -0.2) is 37.0 Å². The second-order valence-electron chi connectivity index (χ2n) is 4.96. The van der Waals surface area contributed by atoms with Crippen LogP contribution in [0, 0.1) is 0 Å². The van der Waals surface area contributed by atoms with Crippen molar-refractivity contribution < 1.29 is 4.79 Å². The molecule has 5 heteroatoms. The number of fused-ring (bicyclic) bond motifs is 1. The molecule has 1 unspecified atom stereocenters. The van der Waals surface area contributed by atoms with E-state index in [2.05, 4.69) is 45.3 Å². The van der Waals surface area contributed by atoms with Crippen molar-refractivity contribution >= 4 is 27.5 Å². The van der Waals surface area contributed by atoms with Crippen molar-refractivity contribution in [2.45, 2.75) is 26.3 Å². The third kappa shape index (κ3) is 3.40. The molecule has 0 spiro atoms. The SMILES string of the molecule is CCN(CC)CCCNC1C(=O)Nc2cccc(Br)c21. The molecule has 1 aromatic carbocycles. The Morgan fingerprint density at radius 2 is 2.10 bits per heavy atom. The van der Waals surface area contributed by atoms with Crippen molar-refractivity contribution in [3.8, 4) is 0 Å². The molecule has 0 bridgehead atoms. The summed E-state index contributed by atoms with van der Waals surface area (Å²) in [7, 11) is 0. The third-order valence-corrected chi connectivity index (χ3v) is 4.45. The van der Waals surface area contributed by atoms with Crippen LogP contribution < -0.4 is 10.6 Å². The molecule has 1 aromatic rings. The van der Waals surface area contributed by atoms with Crippen molar-refractivity contribution in [2.24, 2.45) is 0 Å². The minimum atomic E-state index is -0.239. The maximum absolute atomic E-state index is 12.0. The first-order valence-corrected chi connectivity index (χ1v) is 8.01. The Morgan fingerprint density at radius 3 is 2.80 bits per heavy atom. The van der Waals surface area contributed by atoms with Crippen molar-refractivity contribution in [1.29, 1.82) is 0 Å². The molecule has 0 aliphatic carbocycles. The van der Waals surface area contributed by atoms with Crippen LogP contribution in [0.3, 0.4) is 0 Å². The number of nitrogens with zero attached hydrogens (tertiary/aromatic N) is 1. The lowest BCUT2D eigenvalue weighted by molar-refractivity contribution is -0.117. The number of carbonyl (C=O) groups excluding carboxylic acids is 1. The number of benzene rings is 1. The van der Waals surface area contributed by atoms with Crippen LogP contribution in [-0.2, 0) is 4.79 Å². The van der Waals surface area contributed by atoms with Gasteiger partial charge in [-0.05, 0) is 44.7 Å². The molecule has 0 aromatic heterocycles. The fourth-order valence-electron chi connectivity index (χ4n) is 2.56. The average Bonchev–Trinajstić information content (AvgIpc) is 2.76. The first-order chi connectivity index (χ1) is 9.67. The summed E-state index contributed by atoms with van der Waals surface area (Å²) in [6.07, 6.45) is 1.05. The summed E-state index contributed by atoms with van der Waals surface area (Å²) in [5.41, 5.74) is 1.94. The molecule has 0 saturated heterocycles. The summed E-state index contributed by atoms with van der Waals surface area (Å²) in [4.78, 5) is 14.4. The number of nitrogens with one attached hydrogen (secondary N) is 2. The summed E-state index contributed by atoms with van der Waals surface area (Å²) in [6, 6.07) is 5.61. The lowest BCUT2D eigenvalue weighted by Gasteiger charge is -2.19. The highest BCUT2D eigenvalue weighted by Crippen LogP contribution is 2.36. The van der Waals surface area contributed by atoms with Gasteiger partial charge in [0.25, 0.3) is 0 Å². The van der Waals surface area contributed by atoms with Crippen LogP contribution in [0.5, 0.6) is 0 Å². The summed E-state index contributed by atoms with van der Waals surface area (Å²) in [5.74, 6) is 0.0368. The fraction of sp³-hybridized carbons (Fsp3) is 0.533. The number of carbonyl (C=O) groups is 1. The van der Waals surface area contributed by atoms with Gasteiger partial charge in [-0.2, -0.15) is 0 Å². The molecule has 20 heavy (non-hydrogen) atoms. The Morgan fingerprint density at radius 1 is 1.35 bits per heavy atom. The Bertz CT molecular complexity index is 474. The van der Waals surface area contributed by atoms with Crippen molar-refractivity contribution in [3.63, 3.8) is 0 Å². The Balaban J connectivity index is 1.90. The second-order valence-corrected chi connectivity index (χ2v) is 5.81. The van der Waals surface area contributed by atoms with Crippen LogP contribution in [0.25, 0.3) is 0 Å². The largest absolute Gasteiger partial charge is 0.324 e. The lowest BCUT2D eigenvalue weighted by Crippen LogP contribution is -2.31. The van der Waals surface area contributed by atoms with Crippen LogP contribution in [0.4, 0.5) is 5.69 Å². The van der Waals surface area contributed by atoms with Gasteiger partial charge in [-0.25, -0.2) is 0 Å². The molecule has 2 rings (SSSR count). The van der Waals surface area contributed by atoms with Gasteiger partial charge >= 0.3 is 0 Å². The zero-order chi connectivity index (χ0) is 14.5. The molecule has 1 heterocycles. The van der Waals surface area contributed by atoms with Gasteiger partial charge in [0.05, 0.1) is 0 Å². The minimum Gasteiger partial charge on any atom is -0.324 e. The Hall–Kier alpha value is -0.910. The second kappa shape index (κ2) is 7.20. The highest BCUT2D eigenvalue weighted by Gasteiger charge is 2.31. The van der Waals surface area contributed by atoms with Crippen LogP contribution in [0.1, 0.15) is 31.9 Å². The van der Waals surface area contributed by atoms with Gasteiger partial charge in [0.15, 0.2) is 0 Å². The topological polar surface area (TPSA) is 44.4 Å². The monoisotopic (exact) mass is 339 g/mol. The number of hydrogen-bond acceptors (Lipinski definition) is 3. The maximum atomic E-state index is 12.0. The van der Waals surface area contributed by atoms with Gasteiger partial charge in [-0.1, -0.05) is 35.8 Å². The van der Waals surface area contributed by atoms with Crippen molar-refractivity contribution in [2.75, 3.05) is 31.5 Å². The van der Waals surface area contributed by atoms with Gasteiger partial charge in [0.1, 0.15) is 6.04 Å². The molecule has 1 amide bonds. The minimum absolute atomic E-state index is 0.0368. The zero-order valence-electron chi connectivity index (χ0n) is 12.1. The Kier molecular flexibility index (Phi) is 5.57. The van der Waals surface area contributed by atoms with Gasteiger partial charge in [0.2, 0.25) is 5.91 Å². The predicted octanol–water partition coefficient (Wildman–Crippen LogP) is 2.76. The molecule has 0 saturated carbocycles. The first kappa shape index (κ1) is 15.5. The number of hydrogen-bond donors (Lipinski definition) is 2. The molecule has 2 N–H and O–H groups in total. The first-order valence-electron chi connectivity index (χ1n) is 7.22. The van der Waals surface area contributed by atoms with Crippen LogP contribution in [0.15, 0.2) is 22.7 Å². The summed E-state index contributed by atoms with van der Waals surface area (Å²) < 4.78 is 0.981. The highest BCUT2D eigenvalue weighted by atomic mass is 79.9. The molecule has 110 valence electrons. The molecule has 4 nitrogen and oxygen atoms in total. The number of halogens is 1. The number of rotatable bonds is 7. The highest BCUT2D eigenvalue weighted by molar-refractivity contribution is 9.10. The van der Waals surface area contributed by atoms with Gasteiger partial charge in [-0.3, -0.25) is 4.79 Å². The molecule has 0 fully saturated rings. The van der Waals surface area contributed by atoms with Crippen molar-refractivity contribution in [3.05, 3.63) is 28.2 Å². The summed E-state index contributed by atoms with van der Waals surface area (Å²) >= 11 is 3.53. The van der Waals surface area contributed by atoms with Crippen molar-refractivity contribution in [1.82, 2.24) is 10.2 Å². The molecule has 1 aliphatic heterocycles. The van der Waals surface area contributed by atoms with E-state index in [4.69, 9.17) is 0 Å². The summed E-state index contributed by atoms with van der Waals surface area (Å²) in [6.45, 7) is 8.42. The summed E-state index contributed by atoms with van der Waals surface area (Å²) in [5, 5.41) is 6.28. The number of anilines is 1. The van der Waals surface area contributed by atoms with E-state index in [1.165, 1.54) is 0 Å². The third-order valence-electron chi connectivity index (χ3n) is 3.76. The average molecular weight is 340 g/mol. The van der Waals surface area contributed by atoms with E-state index in [0.717, 1.165) is 48.3 Å². The van der Waals surface area contributed by atoms with E-state index in [1.54, 1.807) is 0 Å². The van der Waals surface area contributed by atoms with Gasteiger partial charge < -0.3 is 15.5 Å². The lowest BCUT2D eigenvalue weighted by atomic mass is 10.1. The molecule has 1 aliphatic rings. The molecule has 1 atom stereocenters. The zero-order valence-corrected chi connectivity index (χ0v) is 13.7. The van der Waals surface area contributed by atoms with E-state index in [1.807, 2.05) is 18.2 Å². The van der Waals surface area contributed by atoms with E-state index >= 15 is 0 Å². The molecular formula is C15H22BrN3O. The fourth-order valence-corrected chi connectivity index (χ4v) is 3.15. The normalized spacial score (nSPS) is 17.4. The standard InChI is InChI=1S/C15H22BrN3O/c1-3-19(4-2)10-6-9-17-14-13-11(16)7-5-8-12(13)18-15(14)20/h5,7-8,14,17H,3-4,6,9-10H2,1-2H3,(H,18,20). The van der Waals surface area contributed by atoms with E-state index < -0.39 is 0 Å². The molecular weight excluding hydrogens is 318 g/mol. The van der Waals surface area contributed by atoms with E-state index in [0.29, 0.717) is 0 Å². The van der Waals surface area contributed by atoms with Gasteiger partial charge in [-0.15, -0.1) is 0 Å². The maximum Gasteiger partial charge on any atom is 0.246 e. The van der Waals surface area contributed by atoms with E-state index in [9.17, 15) is 4.79 Å². The number of amides is 1. The van der Waals surface area contributed by atoms with Crippen LogP contribution >= 0.6 is 15.9 Å². The van der Waals surface area contributed by atoms with Crippen LogP contribution in [0.2, 0.25) is 0 Å². The molecule has 0 radical (unpaired) electrons. The smallest absolute Gasteiger partial charge is 0.246 e. The quantitative estimate of drug-likeness (QED) is 0.751. The Labute approximate surface area is 129 Å². The van der Waals surface area contributed by atoms with Gasteiger partial charge in [0, 0.05) is 15.7 Å².